The van der Waals surface area contributed by atoms with Crippen LogP contribution in [0.1, 0.15) is 18.4 Å². The van der Waals surface area contributed by atoms with Crippen LogP contribution in [0.4, 0.5) is 0 Å². The lowest BCUT2D eigenvalue weighted by Crippen LogP contribution is -2.03. The molecule has 0 unspecified atom stereocenters. The molecule has 4 heteroatoms. The maximum absolute atomic E-state index is 11.2. The topological polar surface area (TPSA) is 74.6 Å². The summed E-state index contributed by atoms with van der Waals surface area (Å²) in [5.74, 6) is -2.77. The van der Waals surface area contributed by atoms with Gasteiger partial charge in [-0.15, -0.1) is 0 Å². The Hall–Kier alpha value is -2.10. The standard InChI is InChI=1S/C13H14O4/c14-11(9-12(15)13(16)17)8-4-7-10-5-2-1-3-6-10/h1-3,5-6,9,15H,4,7-8H2,(H,16,17)/b12-9-. The van der Waals surface area contributed by atoms with Crippen molar-refractivity contribution in [3.63, 3.8) is 0 Å². The Bertz CT molecular complexity index is 420. The van der Waals surface area contributed by atoms with Crippen molar-refractivity contribution in [3.05, 3.63) is 47.7 Å². The highest BCUT2D eigenvalue weighted by Crippen LogP contribution is 2.05. The molecule has 1 aromatic rings. The van der Waals surface area contributed by atoms with Crippen LogP contribution >= 0.6 is 0 Å². The first-order chi connectivity index (χ1) is 8.09. The number of ketones is 1. The van der Waals surface area contributed by atoms with Crippen molar-refractivity contribution in [2.45, 2.75) is 19.3 Å². The summed E-state index contributed by atoms with van der Waals surface area (Å²) < 4.78 is 0. The van der Waals surface area contributed by atoms with Crippen LogP contribution in [0.25, 0.3) is 0 Å². The number of carboxylic acid groups (broad SMARTS) is 1. The molecule has 0 aliphatic rings. The van der Waals surface area contributed by atoms with Crippen molar-refractivity contribution >= 4 is 11.8 Å². The number of aliphatic hydroxyl groups excluding tert-OH is 1. The van der Waals surface area contributed by atoms with Crippen LogP contribution in [0.3, 0.4) is 0 Å². The van der Waals surface area contributed by atoms with Gasteiger partial charge in [-0.05, 0) is 18.4 Å². The molecule has 0 aromatic heterocycles. The van der Waals surface area contributed by atoms with Crippen molar-refractivity contribution in [2.24, 2.45) is 0 Å². The number of hydrogen-bond acceptors (Lipinski definition) is 3. The normalized spacial score (nSPS) is 11.2. The quantitative estimate of drug-likeness (QED) is 0.584. The second-order valence-electron chi connectivity index (χ2n) is 3.64. The fourth-order valence-electron chi connectivity index (χ4n) is 1.40. The van der Waals surface area contributed by atoms with E-state index in [1.54, 1.807) is 0 Å². The van der Waals surface area contributed by atoms with Crippen molar-refractivity contribution in [2.75, 3.05) is 0 Å². The number of rotatable bonds is 6. The van der Waals surface area contributed by atoms with Crippen molar-refractivity contribution in [1.29, 1.82) is 0 Å². The van der Waals surface area contributed by atoms with Crippen molar-refractivity contribution < 1.29 is 19.8 Å². The summed E-state index contributed by atoms with van der Waals surface area (Å²) in [7, 11) is 0. The lowest BCUT2D eigenvalue weighted by atomic mass is 10.1. The minimum atomic E-state index is -1.48. The summed E-state index contributed by atoms with van der Waals surface area (Å²) in [6, 6.07) is 9.70. The number of aliphatic carboxylic acids is 1. The van der Waals surface area contributed by atoms with E-state index in [9.17, 15) is 9.59 Å². The predicted molar refractivity (Wildman–Crippen MR) is 62.7 cm³/mol. The minimum absolute atomic E-state index is 0.228. The number of carbonyl (C=O) groups excluding carboxylic acids is 1. The third-order valence-corrected chi connectivity index (χ3v) is 2.25. The molecular weight excluding hydrogens is 220 g/mol. The van der Waals surface area contributed by atoms with Gasteiger partial charge in [0.15, 0.2) is 5.78 Å². The fourth-order valence-corrected chi connectivity index (χ4v) is 1.40. The zero-order chi connectivity index (χ0) is 12.7. The molecule has 0 bridgehead atoms. The second kappa shape index (κ2) is 6.48. The van der Waals surface area contributed by atoms with Gasteiger partial charge in [0.1, 0.15) is 0 Å². The number of aliphatic hydroxyl groups is 1. The van der Waals surface area contributed by atoms with Gasteiger partial charge >= 0.3 is 5.97 Å². The summed E-state index contributed by atoms with van der Waals surface area (Å²) in [4.78, 5) is 21.5. The molecule has 0 radical (unpaired) electrons. The van der Waals surface area contributed by atoms with E-state index in [0.29, 0.717) is 6.42 Å². The molecule has 0 saturated heterocycles. The summed E-state index contributed by atoms with van der Waals surface area (Å²) in [5, 5.41) is 17.2. The molecule has 0 aliphatic carbocycles. The molecule has 2 N–H and O–H groups in total. The van der Waals surface area contributed by atoms with Crippen LogP contribution in [0.2, 0.25) is 0 Å². The molecule has 0 atom stereocenters. The SMILES string of the molecule is O=C(/C=C(\O)C(=O)O)CCCc1ccccc1. The van der Waals surface area contributed by atoms with Gasteiger partial charge in [-0.25, -0.2) is 4.79 Å². The zero-order valence-electron chi connectivity index (χ0n) is 9.30. The average Bonchev–Trinajstić information content (AvgIpc) is 2.30. The molecule has 1 rings (SSSR count). The number of benzene rings is 1. The van der Waals surface area contributed by atoms with Crippen molar-refractivity contribution in [3.8, 4) is 0 Å². The number of aryl methyl sites for hydroxylation is 1. The van der Waals surface area contributed by atoms with E-state index in [0.717, 1.165) is 18.1 Å². The monoisotopic (exact) mass is 234 g/mol. The molecule has 90 valence electrons. The molecular formula is C13H14O4. The van der Waals surface area contributed by atoms with Crippen LogP contribution in [0, 0.1) is 0 Å². The third-order valence-electron chi connectivity index (χ3n) is 2.25. The van der Waals surface area contributed by atoms with E-state index in [-0.39, 0.29) is 12.2 Å². The van der Waals surface area contributed by atoms with Crippen molar-refractivity contribution in [1.82, 2.24) is 0 Å². The first-order valence-electron chi connectivity index (χ1n) is 5.30. The summed E-state index contributed by atoms with van der Waals surface area (Å²) in [6.07, 6.45) is 2.38. The van der Waals surface area contributed by atoms with Gasteiger partial charge in [0.25, 0.3) is 0 Å². The van der Waals surface area contributed by atoms with Gasteiger partial charge in [-0.3, -0.25) is 4.79 Å². The maximum Gasteiger partial charge on any atom is 0.371 e. The molecule has 0 spiro atoms. The molecule has 0 heterocycles. The number of carboxylic acids is 1. The van der Waals surface area contributed by atoms with E-state index < -0.39 is 11.7 Å². The van der Waals surface area contributed by atoms with E-state index >= 15 is 0 Å². The first-order valence-corrected chi connectivity index (χ1v) is 5.30. The van der Waals surface area contributed by atoms with Gasteiger partial charge in [-0.1, -0.05) is 30.3 Å². The Kier molecular flexibility index (Phi) is 4.94. The largest absolute Gasteiger partial charge is 0.502 e. The van der Waals surface area contributed by atoms with Gasteiger partial charge < -0.3 is 10.2 Å². The number of allylic oxidation sites excluding steroid dienone is 1. The Morgan fingerprint density at radius 2 is 1.76 bits per heavy atom. The predicted octanol–water partition coefficient (Wildman–Crippen LogP) is 2.10. The molecule has 0 aliphatic heterocycles. The van der Waals surface area contributed by atoms with Crippen LogP contribution in [-0.2, 0) is 16.0 Å². The molecule has 0 amide bonds. The van der Waals surface area contributed by atoms with Crippen LogP contribution in [0.15, 0.2) is 42.2 Å². The maximum atomic E-state index is 11.2. The van der Waals surface area contributed by atoms with E-state index in [1.165, 1.54) is 0 Å². The highest BCUT2D eigenvalue weighted by Gasteiger charge is 2.07. The van der Waals surface area contributed by atoms with Gasteiger partial charge in [-0.2, -0.15) is 0 Å². The number of hydrogen-bond donors (Lipinski definition) is 2. The third kappa shape index (κ3) is 4.97. The summed E-state index contributed by atoms with van der Waals surface area (Å²) >= 11 is 0. The summed E-state index contributed by atoms with van der Waals surface area (Å²) in [6.45, 7) is 0. The zero-order valence-corrected chi connectivity index (χ0v) is 9.30. The molecule has 1 aromatic carbocycles. The van der Waals surface area contributed by atoms with Gasteiger partial charge in [0.05, 0.1) is 0 Å². The molecule has 0 fully saturated rings. The molecule has 4 nitrogen and oxygen atoms in total. The number of carbonyl (C=O) groups is 2. The highest BCUT2D eigenvalue weighted by molar-refractivity contribution is 5.97. The first kappa shape index (κ1) is 13.0. The Morgan fingerprint density at radius 1 is 1.12 bits per heavy atom. The van der Waals surface area contributed by atoms with E-state index in [2.05, 4.69) is 0 Å². The highest BCUT2D eigenvalue weighted by atomic mass is 16.4. The van der Waals surface area contributed by atoms with Gasteiger partial charge in [0.2, 0.25) is 5.76 Å². The lowest BCUT2D eigenvalue weighted by molar-refractivity contribution is -0.135. The van der Waals surface area contributed by atoms with Crippen LogP contribution in [0.5, 0.6) is 0 Å². The minimum Gasteiger partial charge on any atom is -0.502 e. The molecule has 17 heavy (non-hydrogen) atoms. The summed E-state index contributed by atoms with van der Waals surface area (Å²) in [5.41, 5.74) is 1.13. The Morgan fingerprint density at radius 3 is 2.35 bits per heavy atom. The van der Waals surface area contributed by atoms with E-state index in [1.807, 2.05) is 30.3 Å². The molecule has 0 saturated carbocycles. The lowest BCUT2D eigenvalue weighted by Gasteiger charge is -1.99. The second-order valence-corrected chi connectivity index (χ2v) is 3.64. The Balaban J connectivity index is 2.35. The van der Waals surface area contributed by atoms with Crippen LogP contribution < -0.4 is 0 Å². The van der Waals surface area contributed by atoms with Crippen LogP contribution in [-0.4, -0.2) is 22.0 Å². The average molecular weight is 234 g/mol. The fraction of sp³-hybridized carbons (Fsp3) is 0.231. The van der Waals surface area contributed by atoms with E-state index in [4.69, 9.17) is 10.2 Å². The Labute approximate surface area is 99.2 Å². The smallest absolute Gasteiger partial charge is 0.371 e. The van der Waals surface area contributed by atoms with Gasteiger partial charge in [0, 0.05) is 12.5 Å².